The van der Waals surface area contributed by atoms with Crippen LogP contribution in [0.15, 0.2) is 47.8 Å². The Balaban J connectivity index is 1.94. The van der Waals surface area contributed by atoms with E-state index in [1.165, 1.54) is 12.1 Å². The third-order valence-electron chi connectivity index (χ3n) is 3.63. The average Bonchev–Trinajstić information content (AvgIpc) is 3.24. The first-order valence-corrected chi connectivity index (χ1v) is 8.75. The van der Waals surface area contributed by atoms with Crippen molar-refractivity contribution in [3.63, 3.8) is 0 Å². The van der Waals surface area contributed by atoms with E-state index < -0.39 is 0 Å². The molecule has 0 spiro atoms. The van der Waals surface area contributed by atoms with Gasteiger partial charge in [-0.2, -0.15) is 5.10 Å². The van der Waals surface area contributed by atoms with Crippen LogP contribution < -0.4 is 5.32 Å². The van der Waals surface area contributed by atoms with E-state index in [4.69, 9.17) is 0 Å². The molecule has 0 aliphatic carbocycles. The number of halogens is 1. The SMILES string of the molecule is CN(C)CCNC(=O)c1cc(-c2cccs2)nn1-c1ccc(F)cc1. The molecule has 0 bridgehead atoms. The van der Waals surface area contributed by atoms with Crippen molar-refractivity contribution in [1.82, 2.24) is 20.0 Å². The quantitative estimate of drug-likeness (QED) is 0.737. The smallest absolute Gasteiger partial charge is 0.270 e. The van der Waals surface area contributed by atoms with Gasteiger partial charge in [0.05, 0.1) is 10.6 Å². The summed E-state index contributed by atoms with van der Waals surface area (Å²) in [6.45, 7) is 1.28. The van der Waals surface area contributed by atoms with E-state index in [0.29, 0.717) is 17.9 Å². The van der Waals surface area contributed by atoms with Crippen molar-refractivity contribution in [3.05, 3.63) is 59.4 Å². The Bertz CT molecular complexity index is 841. The first kappa shape index (κ1) is 17.3. The zero-order chi connectivity index (χ0) is 17.8. The molecule has 0 aliphatic heterocycles. The first-order chi connectivity index (χ1) is 12.0. The Morgan fingerprint density at radius 2 is 2.04 bits per heavy atom. The summed E-state index contributed by atoms with van der Waals surface area (Å²) < 4.78 is 14.8. The van der Waals surface area contributed by atoms with E-state index in [0.717, 1.165) is 17.1 Å². The molecule has 2 aromatic heterocycles. The van der Waals surface area contributed by atoms with Gasteiger partial charge in [0.2, 0.25) is 0 Å². The van der Waals surface area contributed by atoms with E-state index in [2.05, 4.69) is 10.4 Å². The van der Waals surface area contributed by atoms with Crippen molar-refractivity contribution >= 4 is 17.2 Å². The minimum atomic E-state index is -0.327. The summed E-state index contributed by atoms with van der Waals surface area (Å²) in [6.07, 6.45) is 0. The number of carbonyl (C=O) groups is 1. The minimum absolute atomic E-state index is 0.207. The van der Waals surface area contributed by atoms with Crippen molar-refractivity contribution < 1.29 is 9.18 Å². The lowest BCUT2D eigenvalue weighted by Crippen LogP contribution is -2.32. The van der Waals surface area contributed by atoms with Crippen LogP contribution in [0.3, 0.4) is 0 Å². The molecule has 130 valence electrons. The number of carbonyl (C=O) groups excluding carboxylic acids is 1. The summed E-state index contributed by atoms with van der Waals surface area (Å²) in [4.78, 5) is 15.6. The molecule has 0 atom stereocenters. The van der Waals surface area contributed by atoms with Gasteiger partial charge in [0.15, 0.2) is 0 Å². The maximum Gasteiger partial charge on any atom is 0.270 e. The van der Waals surface area contributed by atoms with Gasteiger partial charge in [-0.15, -0.1) is 11.3 Å². The second-order valence-corrected chi connectivity index (χ2v) is 6.79. The fourth-order valence-corrected chi connectivity index (χ4v) is 3.03. The van der Waals surface area contributed by atoms with Gasteiger partial charge in [-0.25, -0.2) is 9.07 Å². The van der Waals surface area contributed by atoms with Crippen molar-refractivity contribution in [1.29, 1.82) is 0 Å². The van der Waals surface area contributed by atoms with E-state index in [-0.39, 0.29) is 11.7 Å². The Hall–Kier alpha value is -2.51. The lowest BCUT2D eigenvalue weighted by molar-refractivity contribution is 0.0943. The molecular formula is C18H19FN4OS. The topological polar surface area (TPSA) is 50.2 Å². The van der Waals surface area contributed by atoms with Crippen molar-refractivity contribution in [2.45, 2.75) is 0 Å². The molecule has 0 saturated carbocycles. The number of thiophene rings is 1. The van der Waals surface area contributed by atoms with Crippen LogP contribution in [0.4, 0.5) is 4.39 Å². The lowest BCUT2D eigenvalue weighted by atomic mass is 10.2. The van der Waals surface area contributed by atoms with Crippen molar-refractivity contribution in [3.8, 4) is 16.3 Å². The first-order valence-electron chi connectivity index (χ1n) is 7.87. The maximum atomic E-state index is 13.2. The predicted molar refractivity (Wildman–Crippen MR) is 97.7 cm³/mol. The number of hydrogen-bond acceptors (Lipinski definition) is 4. The van der Waals surface area contributed by atoms with Crippen molar-refractivity contribution in [2.75, 3.05) is 27.2 Å². The van der Waals surface area contributed by atoms with Crippen LogP contribution in [0.25, 0.3) is 16.3 Å². The number of rotatable bonds is 6. The third kappa shape index (κ3) is 4.12. The molecule has 5 nitrogen and oxygen atoms in total. The molecule has 0 unspecified atom stereocenters. The molecule has 1 aromatic carbocycles. The zero-order valence-corrected chi connectivity index (χ0v) is 14.9. The second kappa shape index (κ2) is 7.58. The minimum Gasteiger partial charge on any atom is -0.349 e. The van der Waals surface area contributed by atoms with Crippen LogP contribution in [0, 0.1) is 5.82 Å². The molecule has 0 saturated heterocycles. The fraction of sp³-hybridized carbons (Fsp3) is 0.222. The maximum absolute atomic E-state index is 13.2. The van der Waals surface area contributed by atoms with E-state index >= 15 is 0 Å². The molecule has 7 heteroatoms. The Morgan fingerprint density at radius 3 is 2.68 bits per heavy atom. The van der Waals surface area contributed by atoms with Crippen molar-refractivity contribution in [2.24, 2.45) is 0 Å². The molecular weight excluding hydrogens is 339 g/mol. The molecule has 0 fully saturated rings. The Kier molecular flexibility index (Phi) is 5.25. The predicted octanol–water partition coefficient (Wildman–Crippen LogP) is 3.03. The summed E-state index contributed by atoms with van der Waals surface area (Å²) in [5, 5.41) is 9.41. The average molecular weight is 358 g/mol. The molecule has 3 rings (SSSR count). The number of hydrogen-bond donors (Lipinski definition) is 1. The van der Waals surface area contributed by atoms with E-state index in [1.54, 1.807) is 34.2 Å². The highest BCUT2D eigenvalue weighted by Gasteiger charge is 2.18. The van der Waals surface area contributed by atoms with Gasteiger partial charge in [0.1, 0.15) is 17.2 Å². The second-order valence-electron chi connectivity index (χ2n) is 5.84. The van der Waals surface area contributed by atoms with Crippen LogP contribution in [0.5, 0.6) is 0 Å². The van der Waals surface area contributed by atoms with Gasteiger partial charge >= 0.3 is 0 Å². The highest BCUT2D eigenvalue weighted by Crippen LogP contribution is 2.25. The number of amides is 1. The summed E-state index contributed by atoms with van der Waals surface area (Å²) in [5.41, 5.74) is 1.79. The van der Waals surface area contributed by atoms with Gasteiger partial charge < -0.3 is 10.2 Å². The standard InChI is InChI=1S/C18H19FN4OS/c1-22(2)10-9-20-18(24)16-12-15(17-4-3-11-25-17)21-23(16)14-7-5-13(19)6-8-14/h3-8,11-12H,9-10H2,1-2H3,(H,20,24). The molecule has 2 heterocycles. The van der Waals surface area contributed by atoms with Gasteiger partial charge in [-0.1, -0.05) is 6.07 Å². The van der Waals surface area contributed by atoms with Gasteiger partial charge in [-0.05, 0) is 55.9 Å². The highest BCUT2D eigenvalue weighted by atomic mass is 32.1. The summed E-state index contributed by atoms with van der Waals surface area (Å²) in [5.74, 6) is -0.534. The summed E-state index contributed by atoms with van der Waals surface area (Å²) in [6, 6.07) is 11.6. The van der Waals surface area contributed by atoms with Gasteiger partial charge in [0, 0.05) is 13.1 Å². The number of likely N-dealkylation sites (N-methyl/N-ethyl adjacent to an activating group) is 1. The number of aromatic nitrogens is 2. The van der Waals surface area contributed by atoms with E-state index in [9.17, 15) is 9.18 Å². The molecule has 0 radical (unpaired) electrons. The van der Waals surface area contributed by atoms with Crippen LogP contribution >= 0.6 is 11.3 Å². The Morgan fingerprint density at radius 1 is 1.28 bits per heavy atom. The van der Waals surface area contributed by atoms with Crippen LogP contribution in [-0.4, -0.2) is 47.8 Å². The zero-order valence-electron chi connectivity index (χ0n) is 14.1. The molecule has 3 aromatic rings. The third-order valence-corrected chi connectivity index (χ3v) is 4.52. The molecule has 1 amide bonds. The largest absolute Gasteiger partial charge is 0.349 e. The number of nitrogens with zero attached hydrogens (tertiary/aromatic N) is 3. The monoisotopic (exact) mass is 358 g/mol. The lowest BCUT2D eigenvalue weighted by Gasteiger charge is -2.11. The molecule has 0 aliphatic rings. The number of benzene rings is 1. The van der Waals surface area contributed by atoms with Crippen LogP contribution in [-0.2, 0) is 0 Å². The van der Waals surface area contributed by atoms with Crippen LogP contribution in [0.1, 0.15) is 10.5 Å². The highest BCUT2D eigenvalue weighted by molar-refractivity contribution is 7.13. The number of nitrogens with one attached hydrogen (secondary N) is 1. The Labute approximate surface area is 149 Å². The summed E-state index contributed by atoms with van der Waals surface area (Å²) in [7, 11) is 3.90. The summed E-state index contributed by atoms with van der Waals surface area (Å²) >= 11 is 1.55. The normalized spacial score (nSPS) is 11.0. The molecule has 1 N–H and O–H groups in total. The fourth-order valence-electron chi connectivity index (χ4n) is 2.35. The van der Waals surface area contributed by atoms with Gasteiger partial charge in [-0.3, -0.25) is 4.79 Å². The van der Waals surface area contributed by atoms with Gasteiger partial charge in [0.25, 0.3) is 5.91 Å². The molecule has 25 heavy (non-hydrogen) atoms. The van der Waals surface area contributed by atoms with Crippen LogP contribution in [0.2, 0.25) is 0 Å². The van der Waals surface area contributed by atoms with E-state index in [1.807, 2.05) is 36.5 Å².